The molecule has 1 aliphatic rings. The Morgan fingerprint density at radius 1 is 0.917 bits per heavy atom. The largest absolute Gasteiger partial charge is 0.494 e. The van der Waals surface area contributed by atoms with Crippen molar-refractivity contribution in [3.8, 4) is 16.9 Å². The van der Waals surface area contributed by atoms with Gasteiger partial charge in [0.05, 0.1) is 6.61 Å². The van der Waals surface area contributed by atoms with Gasteiger partial charge in [-0.3, -0.25) is 0 Å². The topological polar surface area (TPSA) is 9.23 Å². The van der Waals surface area contributed by atoms with Gasteiger partial charge in [0, 0.05) is 0 Å². The minimum Gasteiger partial charge on any atom is -0.494 e. The summed E-state index contributed by atoms with van der Waals surface area (Å²) in [5.74, 6) is 1.86. The Morgan fingerprint density at radius 2 is 1.71 bits per heavy atom. The summed E-state index contributed by atoms with van der Waals surface area (Å²) in [5, 5.41) is 0. The number of hydrogen-bond acceptors (Lipinski definition) is 1. The van der Waals surface area contributed by atoms with Crippen LogP contribution in [-0.2, 0) is 12.8 Å². The monoisotopic (exact) mass is 322 g/mol. The van der Waals surface area contributed by atoms with Crippen molar-refractivity contribution in [2.75, 3.05) is 6.61 Å². The van der Waals surface area contributed by atoms with Gasteiger partial charge in [0.25, 0.3) is 0 Å². The predicted octanol–water partition coefficient (Wildman–Crippen LogP) is 6.44. The second kappa shape index (κ2) is 8.37. The zero-order valence-electron chi connectivity index (χ0n) is 15.2. The summed E-state index contributed by atoms with van der Waals surface area (Å²) < 4.78 is 5.54. The molecule has 1 atom stereocenters. The number of aryl methyl sites for hydroxylation is 1. The van der Waals surface area contributed by atoms with Crippen molar-refractivity contribution in [2.24, 2.45) is 5.92 Å². The number of unbranched alkanes of at least 4 members (excludes halogenated alkanes) is 2. The lowest BCUT2D eigenvalue weighted by Gasteiger charge is -2.25. The second-order valence-electron chi connectivity index (χ2n) is 7.05. The fourth-order valence-corrected chi connectivity index (χ4v) is 3.85. The number of rotatable bonds is 7. The molecule has 0 aliphatic heterocycles. The quantitative estimate of drug-likeness (QED) is 0.533. The molecule has 2 aromatic carbocycles. The van der Waals surface area contributed by atoms with Gasteiger partial charge in [-0.05, 0) is 66.5 Å². The van der Waals surface area contributed by atoms with Crippen LogP contribution in [0.15, 0.2) is 42.5 Å². The summed E-state index contributed by atoms with van der Waals surface area (Å²) in [7, 11) is 0. The first-order chi connectivity index (χ1) is 11.8. The Balaban J connectivity index is 1.68. The van der Waals surface area contributed by atoms with E-state index in [1.807, 2.05) is 6.92 Å². The third kappa shape index (κ3) is 4.20. The Bertz CT molecular complexity index is 642. The van der Waals surface area contributed by atoms with Crippen molar-refractivity contribution in [1.82, 2.24) is 0 Å². The zero-order chi connectivity index (χ0) is 16.8. The van der Waals surface area contributed by atoms with Crippen LogP contribution in [-0.4, -0.2) is 6.61 Å². The molecule has 0 N–H and O–H groups in total. The van der Waals surface area contributed by atoms with Gasteiger partial charge in [-0.25, -0.2) is 0 Å². The SMILES string of the molecule is CCCCCC1CCc2cc(-c3ccc(OCC)cc3)ccc2C1. The normalized spacial score (nSPS) is 16.7. The van der Waals surface area contributed by atoms with Crippen LogP contribution < -0.4 is 4.74 Å². The van der Waals surface area contributed by atoms with Crippen molar-refractivity contribution in [3.05, 3.63) is 53.6 Å². The lowest BCUT2D eigenvalue weighted by atomic mass is 9.80. The van der Waals surface area contributed by atoms with Gasteiger partial charge in [0.15, 0.2) is 0 Å². The van der Waals surface area contributed by atoms with E-state index in [2.05, 4.69) is 49.4 Å². The highest BCUT2D eigenvalue weighted by molar-refractivity contribution is 5.65. The number of ether oxygens (including phenoxy) is 1. The van der Waals surface area contributed by atoms with Crippen molar-refractivity contribution in [2.45, 2.75) is 58.8 Å². The lowest BCUT2D eigenvalue weighted by molar-refractivity contribution is 0.340. The first kappa shape index (κ1) is 17.1. The Labute approximate surface area is 147 Å². The maximum absolute atomic E-state index is 5.54. The smallest absolute Gasteiger partial charge is 0.119 e. The van der Waals surface area contributed by atoms with Gasteiger partial charge in [-0.2, -0.15) is 0 Å². The minimum atomic E-state index is 0.720. The molecule has 128 valence electrons. The van der Waals surface area contributed by atoms with Gasteiger partial charge >= 0.3 is 0 Å². The molecule has 24 heavy (non-hydrogen) atoms. The highest BCUT2D eigenvalue weighted by atomic mass is 16.5. The molecule has 0 saturated carbocycles. The van der Waals surface area contributed by atoms with Crippen LogP contribution in [0.25, 0.3) is 11.1 Å². The molecule has 0 aromatic heterocycles. The second-order valence-corrected chi connectivity index (χ2v) is 7.05. The van der Waals surface area contributed by atoms with Crippen molar-refractivity contribution >= 4 is 0 Å². The van der Waals surface area contributed by atoms with Gasteiger partial charge in [0.2, 0.25) is 0 Å². The molecule has 0 amide bonds. The van der Waals surface area contributed by atoms with E-state index in [-0.39, 0.29) is 0 Å². The summed E-state index contributed by atoms with van der Waals surface area (Å²) in [5.41, 5.74) is 5.76. The highest BCUT2D eigenvalue weighted by Gasteiger charge is 2.18. The van der Waals surface area contributed by atoms with Gasteiger partial charge < -0.3 is 4.74 Å². The molecule has 1 aliphatic carbocycles. The van der Waals surface area contributed by atoms with Gasteiger partial charge in [-0.1, -0.05) is 62.9 Å². The molecule has 1 heteroatoms. The summed E-state index contributed by atoms with van der Waals surface area (Å²) in [4.78, 5) is 0. The van der Waals surface area contributed by atoms with E-state index in [1.54, 1.807) is 11.1 Å². The molecule has 0 heterocycles. The van der Waals surface area contributed by atoms with Crippen LogP contribution in [0, 0.1) is 5.92 Å². The Kier molecular flexibility index (Phi) is 5.96. The molecule has 1 unspecified atom stereocenters. The Morgan fingerprint density at radius 3 is 2.46 bits per heavy atom. The van der Waals surface area contributed by atoms with Crippen molar-refractivity contribution in [3.63, 3.8) is 0 Å². The average Bonchev–Trinajstić information content (AvgIpc) is 2.62. The first-order valence-corrected chi connectivity index (χ1v) is 9.65. The van der Waals surface area contributed by atoms with E-state index in [9.17, 15) is 0 Å². The van der Waals surface area contributed by atoms with Crippen LogP contribution in [0.5, 0.6) is 5.75 Å². The summed E-state index contributed by atoms with van der Waals surface area (Å²) in [6.45, 7) is 5.03. The summed E-state index contributed by atoms with van der Waals surface area (Å²) in [6, 6.07) is 15.6. The van der Waals surface area contributed by atoms with Crippen LogP contribution >= 0.6 is 0 Å². The van der Waals surface area contributed by atoms with Crippen LogP contribution in [0.3, 0.4) is 0 Å². The van der Waals surface area contributed by atoms with Crippen LogP contribution in [0.2, 0.25) is 0 Å². The molecule has 2 aromatic rings. The van der Waals surface area contributed by atoms with Gasteiger partial charge in [-0.15, -0.1) is 0 Å². The molecule has 0 radical (unpaired) electrons. The van der Waals surface area contributed by atoms with Gasteiger partial charge in [0.1, 0.15) is 5.75 Å². The maximum Gasteiger partial charge on any atom is 0.119 e. The molecule has 0 bridgehead atoms. The van der Waals surface area contributed by atoms with E-state index in [4.69, 9.17) is 4.74 Å². The van der Waals surface area contributed by atoms with E-state index in [0.717, 1.165) is 18.3 Å². The van der Waals surface area contributed by atoms with Crippen molar-refractivity contribution in [1.29, 1.82) is 0 Å². The predicted molar refractivity (Wildman–Crippen MR) is 103 cm³/mol. The van der Waals surface area contributed by atoms with Crippen LogP contribution in [0.4, 0.5) is 0 Å². The Hall–Kier alpha value is -1.76. The summed E-state index contributed by atoms with van der Waals surface area (Å²) >= 11 is 0. The molecule has 0 spiro atoms. The molecule has 0 saturated heterocycles. The molecular weight excluding hydrogens is 292 g/mol. The molecule has 1 nitrogen and oxygen atoms in total. The summed E-state index contributed by atoms with van der Waals surface area (Å²) in [6.07, 6.45) is 9.42. The minimum absolute atomic E-state index is 0.720. The number of fused-ring (bicyclic) bond motifs is 1. The lowest BCUT2D eigenvalue weighted by Crippen LogP contribution is -2.14. The molecular formula is C23H30O. The number of benzene rings is 2. The van der Waals surface area contributed by atoms with E-state index in [1.165, 1.54) is 56.1 Å². The number of hydrogen-bond donors (Lipinski definition) is 0. The highest BCUT2D eigenvalue weighted by Crippen LogP contribution is 2.32. The fourth-order valence-electron chi connectivity index (χ4n) is 3.85. The zero-order valence-corrected chi connectivity index (χ0v) is 15.2. The average molecular weight is 322 g/mol. The molecule has 0 fully saturated rings. The standard InChI is InChI=1S/C23H30O/c1-3-5-6-7-18-8-9-22-17-21(11-10-20(22)16-18)19-12-14-23(15-13-19)24-4-2/h10-15,17-18H,3-9,16H2,1-2H3. The van der Waals surface area contributed by atoms with E-state index < -0.39 is 0 Å². The first-order valence-electron chi connectivity index (χ1n) is 9.65. The van der Waals surface area contributed by atoms with Crippen LogP contribution in [0.1, 0.15) is 57.1 Å². The maximum atomic E-state index is 5.54. The van der Waals surface area contributed by atoms with E-state index >= 15 is 0 Å². The third-order valence-corrected chi connectivity index (χ3v) is 5.25. The fraction of sp³-hybridized carbons (Fsp3) is 0.478. The molecule has 3 rings (SSSR count). The van der Waals surface area contributed by atoms with E-state index in [0.29, 0.717) is 0 Å². The third-order valence-electron chi connectivity index (χ3n) is 5.25. The van der Waals surface area contributed by atoms with Crippen molar-refractivity contribution < 1.29 is 4.74 Å².